The number of aromatic nitrogens is 1. The van der Waals surface area contributed by atoms with E-state index in [2.05, 4.69) is 65.4 Å². The summed E-state index contributed by atoms with van der Waals surface area (Å²) in [4.78, 5) is 19.2. The Bertz CT molecular complexity index is 707. The molecule has 144 valence electrons. The third-order valence-corrected chi connectivity index (χ3v) is 5.30. The van der Waals surface area contributed by atoms with Gasteiger partial charge in [-0.3, -0.25) is 9.69 Å². The van der Waals surface area contributed by atoms with Crippen molar-refractivity contribution in [2.45, 2.75) is 26.2 Å². The number of amides is 1. The highest BCUT2D eigenvalue weighted by Gasteiger charge is 2.26. The number of benzene rings is 1. The smallest absolute Gasteiger partial charge is 0.275 e. The van der Waals surface area contributed by atoms with Gasteiger partial charge in [0.15, 0.2) is 6.54 Å². The molecule has 1 aliphatic rings. The summed E-state index contributed by atoms with van der Waals surface area (Å²) in [5.74, 6) is 1.87. The molecule has 0 spiro atoms. The molecule has 3 rings (SSSR count). The number of hydrogen-bond donors (Lipinski definition) is 2. The van der Waals surface area contributed by atoms with Crippen LogP contribution in [0.4, 0.5) is 5.82 Å². The van der Waals surface area contributed by atoms with Crippen LogP contribution in [0, 0.1) is 0 Å². The lowest BCUT2D eigenvalue weighted by Gasteiger charge is -2.27. The van der Waals surface area contributed by atoms with Crippen LogP contribution in [0.1, 0.15) is 30.9 Å². The van der Waals surface area contributed by atoms with Gasteiger partial charge < -0.3 is 10.2 Å². The molecule has 2 heterocycles. The summed E-state index contributed by atoms with van der Waals surface area (Å²) in [6.07, 6.45) is 2.84. The average Bonchev–Trinajstić information content (AvgIpc) is 2.69. The SMILES string of the molecule is CC(C)c1ccc(CCNC(=O)C[NH+]2CCN(c3cccc[nH+]3)CC2)cc1. The number of quaternary nitrogens is 1. The molecule has 5 heteroatoms. The van der Waals surface area contributed by atoms with E-state index >= 15 is 0 Å². The van der Waals surface area contributed by atoms with Crippen LogP contribution in [0.25, 0.3) is 0 Å². The Balaban J connectivity index is 1.35. The van der Waals surface area contributed by atoms with Gasteiger partial charge in [0, 0.05) is 12.6 Å². The van der Waals surface area contributed by atoms with E-state index in [4.69, 9.17) is 0 Å². The normalized spacial score (nSPS) is 15.1. The molecule has 5 nitrogen and oxygen atoms in total. The standard InChI is InChI=1S/C22H30N4O/c1-18(2)20-8-6-19(7-9-20)10-12-24-22(27)17-25-13-15-26(16-14-25)21-5-3-4-11-23-21/h3-9,11,18H,10,12-17H2,1-2H3,(H,24,27)/p+2. The van der Waals surface area contributed by atoms with Gasteiger partial charge in [0.2, 0.25) is 0 Å². The van der Waals surface area contributed by atoms with Crippen molar-refractivity contribution in [1.82, 2.24) is 5.32 Å². The summed E-state index contributed by atoms with van der Waals surface area (Å²) in [7, 11) is 0. The van der Waals surface area contributed by atoms with Gasteiger partial charge in [-0.2, -0.15) is 0 Å². The van der Waals surface area contributed by atoms with Gasteiger partial charge in [-0.05, 0) is 29.5 Å². The zero-order chi connectivity index (χ0) is 19.1. The van der Waals surface area contributed by atoms with Crippen LogP contribution < -0.4 is 20.1 Å². The topological polar surface area (TPSA) is 50.9 Å². The summed E-state index contributed by atoms with van der Waals surface area (Å²) in [5, 5.41) is 3.08. The van der Waals surface area contributed by atoms with Crippen LogP contribution in [0.5, 0.6) is 0 Å². The van der Waals surface area contributed by atoms with E-state index in [0.717, 1.165) is 38.4 Å². The van der Waals surface area contributed by atoms with Crippen molar-refractivity contribution in [3.05, 3.63) is 59.8 Å². The minimum absolute atomic E-state index is 0.156. The molecule has 1 aromatic heterocycles. The maximum atomic E-state index is 12.2. The third-order valence-electron chi connectivity index (χ3n) is 5.30. The number of nitrogens with one attached hydrogen (secondary N) is 3. The van der Waals surface area contributed by atoms with E-state index in [0.29, 0.717) is 19.0 Å². The van der Waals surface area contributed by atoms with E-state index < -0.39 is 0 Å². The van der Waals surface area contributed by atoms with E-state index in [1.165, 1.54) is 16.0 Å². The van der Waals surface area contributed by atoms with Crippen molar-refractivity contribution in [2.24, 2.45) is 0 Å². The van der Waals surface area contributed by atoms with Crippen LogP contribution in [0.15, 0.2) is 48.7 Å². The fourth-order valence-corrected chi connectivity index (χ4v) is 3.53. The Hall–Kier alpha value is -2.40. The monoisotopic (exact) mass is 368 g/mol. The first kappa shape index (κ1) is 19.4. The first-order valence-electron chi connectivity index (χ1n) is 10.0. The first-order valence-corrected chi connectivity index (χ1v) is 10.0. The van der Waals surface area contributed by atoms with E-state index in [-0.39, 0.29) is 5.91 Å². The van der Waals surface area contributed by atoms with Crippen LogP contribution in [0.2, 0.25) is 0 Å². The molecule has 2 aromatic rings. The molecule has 1 aliphatic heterocycles. The maximum Gasteiger partial charge on any atom is 0.275 e. The molecule has 1 amide bonds. The third kappa shape index (κ3) is 5.79. The lowest BCUT2D eigenvalue weighted by molar-refractivity contribution is -0.892. The van der Waals surface area contributed by atoms with Gasteiger partial charge in [-0.1, -0.05) is 44.2 Å². The highest BCUT2D eigenvalue weighted by molar-refractivity contribution is 5.76. The van der Waals surface area contributed by atoms with E-state index in [1.807, 2.05) is 12.3 Å². The number of carbonyl (C=O) groups is 1. The van der Waals surface area contributed by atoms with Crippen molar-refractivity contribution in [2.75, 3.05) is 44.2 Å². The molecule has 1 aromatic carbocycles. The minimum atomic E-state index is 0.156. The number of rotatable bonds is 7. The van der Waals surface area contributed by atoms with Gasteiger partial charge in [0.1, 0.15) is 26.2 Å². The maximum absolute atomic E-state index is 12.2. The molecule has 0 atom stereocenters. The number of nitrogens with zero attached hydrogens (tertiary/aromatic N) is 1. The van der Waals surface area contributed by atoms with Crippen molar-refractivity contribution < 1.29 is 14.7 Å². The van der Waals surface area contributed by atoms with Crippen molar-refractivity contribution in [3.8, 4) is 0 Å². The van der Waals surface area contributed by atoms with Crippen LogP contribution in [-0.2, 0) is 11.2 Å². The highest BCUT2D eigenvalue weighted by atomic mass is 16.2. The second kappa shape index (κ2) is 9.51. The quantitative estimate of drug-likeness (QED) is 0.755. The van der Waals surface area contributed by atoms with Crippen LogP contribution >= 0.6 is 0 Å². The van der Waals surface area contributed by atoms with Crippen molar-refractivity contribution in [1.29, 1.82) is 0 Å². The molecule has 0 saturated carbocycles. The number of pyridine rings is 1. The summed E-state index contributed by atoms with van der Waals surface area (Å²) >= 11 is 0. The molecule has 0 bridgehead atoms. The second-order valence-electron chi connectivity index (χ2n) is 7.66. The largest absolute Gasteiger partial charge is 0.351 e. The Kier molecular flexibility index (Phi) is 6.82. The fraction of sp³-hybridized carbons (Fsp3) is 0.455. The molecule has 3 N–H and O–H groups in total. The summed E-state index contributed by atoms with van der Waals surface area (Å²) in [6, 6.07) is 14.9. The zero-order valence-electron chi connectivity index (χ0n) is 16.5. The zero-order valence-corrected chi connectivity index (χ0v) is 16.5. The Morgan fingerprint density at radius 2 is 1.89 bits per heavy atom. The van der Waals surface area contributed by atoms with Gasteiger partial charge in [-0.25, -0.2) is 4.98 Å². The molecular weight excluding hydrogens is 336 g/mol. The lowest BCUT2D eigenvalue weighted by Crippen LogP contribution is -3.16. The van der Waals surface area contributed by atoms with E-state index in [1.54, 1.807) is 0 Å². The number of anilines is 1. The summed E-state index contributed by atoms with van der Waals surface area (Å²) in [6.45, 7) is 9.62. The second-order valence-corrected chi connectivity index (χ2v) is 7.66. The number of carbonyl (C=O) groups excluding carboxylic acids is 1. The molecule has 1 saturated heterocycles. The number of hydrogen-bond acceptors (Lipinski definition) is 2. The van der Waals surface area contributed by atoms with E-state index in [9.17, 15) is 4.79 Å². The molecular formula is C22H32N4O+2. The average molecular weight is 369 g/mol. The first-order chi connectivity index (χ1) is 13.1. The number of aromatic amines is 1. The van der Waals surface area contributed by atoms with Gasteiger partial charge in [0.25, 0.3) is 11.7 Å². The molecule has 0 aliphatic carbocycles. The summed E-state index contributed by atoms with van der Waals surface area (Å²) in [5.41, 5.74) is 2.64. The van der Waals surface area contributed by atoms with Crippen LogP contribution in [0.3, 0.4) is 0 Å². The lowest BCUT2D eigenvalue weighted by atomic mass is 10.0. The predicted molar refractivity (Wildman–Crippen MR) is 108 cm³/mol. The highest BCUT2D eigenvalue weighted by Crippen LogP contribution is 2.14. The van der Waals surface area contributed by atoms with Gasteiger partial charge >= 0.3 is 0 Å². The van der Waals surface area contributed by atoms with Gasteiger partial charge in [-0.15, -0.1) is 0 Å². The minimum Gasteiger partial charge on any atom is -0.351 e. The molecule has 27 heavy (non-hydrogen) atoms. The van der Waals surface area contributed by atoms with Crippen molar-refractivity contribution in [3.63, 3.8) is 0 Å². The number of piperazine rings is 1. The molecule has 1 fully saturated rings. The number of H-pyrrole nitrogens is 1. The molecule has 0 unspecified atom stereocenters. The fourth-order valence-electron chi connectivity index (χ4n) is 3.53. The summed E-state index contributed by atoms with van der Waals surface area (Å²) < 4.78 is 0. The van der Waals surface area contributed by atoms with Gasteiger partial charge in [0.05, 0.1) is 6.20 Å². The molecule has 0 radical (unpaired) electrons. The van der Waals surface area contributed by atoms with Crippen molar-refractivity contribution >= 4 is 11.7 Å². The van der Waals surface area contributed by atoms with Crippen LogP contribution in [-0.4, -0.2) is 45.2 Å². The Labute approximate surface area is 162 Å². The Morgan fingerprint density at radius 1 is 1.15 bits per heavy atom. The predicted octanol–water partition coefficient (Wildman–Crippen LogP) is 0.688. The Morgan fingerprint density at radius 3 is 2.52 bits per heavy atom.